The van der Waals surface area contributed by atoms with Gasteiger partial charge in [0.15, 0.2) is 0 Å². The van der Waals surface area contributed by atoms with Gasteiger partial charge in [-0.15, -0.1) is 0 Å². The van der Waals surface area contributed by atoms with Crippen molar-refractivity contribution in [1.82, 2.24) is 4.90 Å². The van der Waals surface area contributed by atoms with Gasteiger partial charge < -0.3 is 19.3 Å². The van der Waals surface area contributed by atoms with Gasteiger partial charge in [0.25, 0.3) is 0 Å². The van der Waals surface area contributed by atoms with Crippen molar-refractivity contribution in [3.05, 3.63) is 29.8 Å². The first-order valence-electron chi connectivity index (χ1n) is 9.61. The minimum Gasteiger partial charge on any atom is -0.497 e. The van der Waals surface area contributed by atoms with Crippen LogP contribution in [0.4, 0.5) is 4.79 Å². The van der Waals surface area contributed by atoms with Crippen LogP contribution < -0.4 is 4.74 Å². The summed E-state index contributed by atoms with van der Waals surface area (Å²) in [7, 11) is 1.62. The van der Waals surface area contributed by atoms with Gasteiger partial charge in [-0.1, -0.05) is 12.1 Å². The summed E-state index contributed by atoms with van der Waals surface area (Å²) < 4.78 is 16.7. The van der Waals surface area contributed by atoms with Crippen molar-refractivity contribution >= 4 is 12.1 Å². The minimum atomic E-state index is -0.865. The number of rotatable bonds is 6. The van der Waals surface area contributed by atoms with Crippen LogP contribution >= 0.6 is 0 Å². The van der Waals surface area contributed by atoms with Crippen molar-refractivity contribution in [2.75, 3.05) is 13.7 Å². The van der Waals surface area contributed by atoms with E-state index in [1.54, 1.807) is 12.0 Å². The van der Waals surface area contributed by atoms with Gasteiger partial charge in [0, 0.05) is 6.04 Å². The van der Waals surface area contributed by atoms with Gasteiger partial charge >= 0.3 is 12.1 Å². The van der Waals surface area contributed by atoms with E-state index in [-0.39, 0.29) is 6.04 Å². The molecule has 1 aromatic carbocycles. The van der Waals surface area contributed by atoms with Gasteiger partial charge in [-0.25, -0.2) is 4.79 Å². The number of methoxy groups -OCH3 is 1. The fourth-order valence-corrected chi connectivity index (χ4v) is 4.32. The van der Waals surface area contributed by atoms with E-state index in [1.807, 2.05) is 45.0 Å². The zero-order valence-electron chi connectivity index (χ0n) is 16.9. The summed E-state index contributed by atoms with van der Waals surface area (Å²) in [6.07, 6.45) is 1.33. The molecule has 0 unspecified atom stereocenters. The number of aliphatic carboxylic acids is 1. The first kappa shape index (κ1) is 20.5. The average molecular weight is 391 g/mol. The third-order valence-corrected chi connectivity index (χ3v) is 5.52. The Kier molecular flexibility index (Phi) is 5.57. The molecule has 0 aromatic heterocycles. The van der Waals surface area contributed by atoms with Crippen LogP contribution in [-0.2, 0) is 20.9 Å². The van der Waals surface area contributed by atoms with Gasteiger partial charge in [0.05, 0.1) is 31.8 Å². The first-order chi connectivity index (χ1) is 13.1. The molecule has 0 spiro atoms. The Hall–Kier alpha value is -2.28. The zero-order chi connectivity index (χ0) is 20.5. The zero-order valence-corrected chi connectivity index (χ0v) is 16.9. The van der Waals surface area contributed by atoms with E-state index in [9.17, 15) is 14.7 Å². The first-order valence-corrected chi connectivity index (χ1v) is 9.61. The Bertz CT molecular complexity index is 725. The Morgan fingerprint density at radius 1 is 1.25 bits per heavy atom. The lowest BCUT2D eigenvalue weighted by Gasteiger charge is -2.35. The highest BCUT2D eigenvalue weighted by molar-refractivity contribution is 5.77. The van der Waals surface area contributed by atoms with Crippen molar-refractivity contribution in [2.45, 2.75) is 63.8 Å². The SMILES string of the molecule is COc1ccc(COC[C@]23CC[C@H]([C@H](C(=O)O)C2)N3C(=O)OC(C)(C)C)cc1. The molecule has 2 bridgehead atoms. The highest BCUT2D eigenvalue weighted by Gasteiger charge is 2.61. The van der Waals surface area contributed by atoms with Gasteiger partial charge in [-0.3, -0.25) is 9.69 Å². The molecule has 2 saturated heterocycles. The second-order valence-electron chi connectivity index (χ2n) is 8.67. The van der Waals surface area contributed by atoms with Gasteiger partial charge in [0.1, 0.15) is 11.4 Å². The average Bonchev–Trinajstić information content (AvgIpc) is 3.14. The monoisotopic (exact) mass is 391 g/mol. The van der Waals surface area contributed by atoms with Crippen LogP contribution in [0.15, 0.2) is 24.3 Å². The topological polar surface area (TPSA) is 85.3 Å². The molecule has 1 amide bonds. The van der Waals surface area contributed by atoms with E-state index in [1.165, 1.54) is 0 Å². The summed E-state index contributed by atoms with van der Waals surface area (Å²) in [6.45, 7) is 6.11. The maximum atomic E-state index is 12.8. The smallest absolute Gasteiger partial charge is 0.411 e. The normalized spacial score (nSPS) is 26.4. The van der Waals surface area contributed by atoms with E-state index in [4.69, 9.17) is 14.2 Å². The van der Waals surface area contributed by atoms with Crippen LogP contribution in [0.3, 0.4) is 0 Å². The van der Waals surface area contributed by atoms with Crippen molar-refractivity contribution in [2.24, 2.45) is 5.92 Å². The molecule has 3 atom stereocenters. The molecule has 3 rings (SSSR count). The lowest BCUT2D eigenvalue weighted by molar-refractivity contribution is -0.142. The quantitative estimate of drug-likeness (QED) is 0.799. The van der Waals surface area contributed by atoms with Crippen molar-refractivity contribution in [3.8, 4) is 5.75 Å². The standard InChI is InChI=1S/C21H29NO6/c1-20(2,3)28-19(25)22-17-9-10-21(22,11-16(17)18(23)24)13-27-12-14-5-7-15(26-4)8-6-14/h5-8,16-17H,9-13H2,1-4H3,(H,23,24)/t16-,17-,21+/m1/s1. The van der Waals surface area contributed by atoms with Crippen LogP contribution in [0.5, 0.6) is 5.75 Å². The van der Waals surface area contributed by atoms with Crippen LogP contribution in [0.1, 0.15) is 45.6 Å². The molecule has 0 saturated carbocycles. The molecule has 0 radical (unpaired) electrons. The summed E-state index contributed by atoms with van der Waals surface area (Å²) in [4.78, 5) is 26.2. The molecule has 2 heterocycles. The number of ether oxygens (including phenoxy) is 3. The number of hydrogen-bond acceptors (Lipinski definition) is 5. The van der Waals surface area contributed by atoms with Crippen molar-refractivity contribution in [1.29, 1.82) is 0 Å². The number of fused-ring (bicyclic) bond motifs is 2. The molecule has 7 nitrogen and oxygen atoms in total. The fraction of sp³-hybridized carbons (Fsp3) is 0.619. The predicted molar refractivity (Wildman–Crippen MR) is 102 cm³/mol. The lowest BCUT2D eigenvalue weighted by Crippen LogP contribution is -2.50. The molecule has 28 heavy (non-hydrogen) atoms. The molecule has 0 aliphatic carbocycles. The van der Waals surface area contributed by atoms with Gasteiger partial charge in [-0.2, -0.15) is 0 Å². The molecular weight excluding hydrogens is 362 g/mol. The van der Waals surface area contributed by atoms with Gasteiger partial charge in [-0.05, 0) is 57.7 Å². The van der Waals surface area contributed by atoms with Crippen LogP contribution in [-0.4, -0.2) is 53.0 Å². The number of hydrogen-bond donors (Lipinski definition) is 1. The Morgan fingerprint density at radius 3 is 2.50 bits per heavy atom. The number of carboxylic acid groups (broad SMARTS) is 1. The number of carbonyl (C=O) groups is 2. The highest BCUT2D eigenvalue weighted by Crippen LogP contribution is 2.50. The van der Waals surface area contributed by atoms with Crippen molar-refractivity contribution in [3.63, 3.8) is 0 Å². The molecule has 154 valence electrons. The number of nitrogens with zero attached hydrogens (tertiary/aromatic N) is 1. The van der Waals surface area contributed by atoms with E-state index in [0.717, 1.165) is 17.7 Å². The molecule has 1 aromatic rings. The van der Waals surface area contributed by atoms with Crippen LogP contribution in [0, 0.1) is 5.92 Å². The molecule has 2 aliphatic rings. The Labute approximate surface area is 165 Å². The second kappa shape index (κ2) is 7.62. The summed E-state index contributed by atoms with van der Waals surface area (Å²) in [5.74, 6) is -0.668. The molecule has 1 N–H and O–H groups in total. The molecule has 2 fully saturated rings. The van der Waals surface area contributed by atoms with Crippen LogP contribution in [0.2, 0.25) is 0 Å². The number of carbonyl (C=O) groups excluding carboxylic acids is 1. The maximum absolute atomic E-state index is 12.8. The fourth-order valence-electron chi connectivity index (χ4n) is 4.32. The number of carboxylic acids is 1. The summed E-state index contributed by atoms with van der Waals surface area (Å²) in [5, 5.41) is 9.60. The predicted octanol–water partition coefficient (Wildman–Crippen LogP) is 3.45. The van der Waals surface area contributed by atoms with E-state index in [2.05, 4.69) is 0 Å². The van der Waals surface area contributed by atoms with E-state index in [0.29, 0.717) is 26.1 Å². The Morgan fingerprint density at radius 2 is 1.93 bits per heavy atom. The Balaban J connectivity index is 1.71. The molecule has 2 aliphatic heterocycles. The third kappa shape index (κ3) is 4.09. The molecular formula is C21H29NO6. The second-order valence-corrected chi connectivity index (χ2v) is 8.67. The molecule has 7 heteroatoms. The summed E-state index contributed by atoms with van der Waals surface area (Å²) in [5.41, 5.74) is -0.269. The van der Waals surface area contributed by atoms with E-state index < -0.39 is 29.1 Å². The summed E-state index contributed by atoms with van der Waals surface area (Å²) in [6, 6.07) is 7.25. The van der Waals surface area contributed by atoms with E-state index >= 15 is 0 Å². The number of benzene rings is 1. The summed E-state index contributed by atoms with van der Waals surface area (Å²) >= 11 is 0. The van der Waals surface area contributed by atoms with Gasteiger partial charge in [0.2, 0.25) is 0 Å². The largest absolute Gasteiger partial charge is 0.497 e. The van der Waals surface area contributed by atoms with Crippen molar-refractivity contribution < 1.29 is 28.9 Å². The maximum Gasteiger partial charge on any atom is 0.411 e. The minimum absolute atomic E-state index is 0.290. The third-order valence-electron chi connectivity index (χ3n) is 5.52. The lowest BCUT2D eigenvalue weighted by atomic mass is 9.81. The van der Waals surface area contributed by atoms with Crippen LogP contribution in [0.25, 0.3) is 0 Å². The number of amides is 1. The highest BCUT2D eigenvalue weighted by atomic mass is 16.6.